The van der Waals surface area contributed by atoms with Crippen LogP contribution in [0.25, 0.3) is 0 Å². The van der Waals surface area contributed by atoms with E-state index in [9.17, 15) is 4.79 Å². The third kappa shape index (κ3) is 2.29. The van der Waals surface area contributed by atoms with E-state index in [1.807, 2.05) is 6.07 Å². The zero-order valence-corrected chi connectivity index (χ0v) is 9.86. The lowest BCUT2D eigenvalue weighted by atomic mass is 10.2. The maximum Gasteiger partial charge on any atom is 0.260 e. The summed E-state index contributed by atoms with van der Waals surface area (Å²) in [4.78, 5) is 11.8. The van der Waals surface area contributed by atoms with Crippen molar-refractivity contribution in [2.75, 3.05) is 11.1 Å². The van der Waals surface area contributed by atoms with Gasteiger partial charge in [0.1, 0.15) is 0 Å². The molecule has 0 atom stereocenters. The molecule has 0 aliphatic heterocycles. The number of hydrogen-bond donors (Lipinski definition) is 2. The Morgan fingerprint density at radius 2 is 2.22 bits per heavy atom. The average Bonchev–Trinajstić information content (AvgIpc) is 2.78. The lowest BCUT2D eigenvalue weighted by Crippen LogP contribution is -2.12. The van der Waals surface area contributed by atoms with E-state index in [-0.39, 0.29) is 10.8 Å². The molecule has 0 bridgehead atoms. The van der Waals surface area contributed by atoms with Gasteiger partial charge in [-0.3, -0.25) is 4.79 Å². The summed E-state index contributed by atoms with van der Waals surface area (Å²) in [5.74, 6) is -0.426. The number of nitrogens with two attached hydrogens (primary N) is 1. The Morgan fingerprint density at radius 1 is 1.44 bits per heavy atom. The number of nitriles is 1. The Balaban J connectivity index is 2.23. The molecular weight excluding hydrogens is 254 g/mol. The Morgan fingerprint density at radius 3 is 2.78 bits per heavy atom. The number of halogens is 1. The second-order valence-corrected chi connectivity index (χ2v) is 3.82. The van der Waals surface area contributed by atoms with Gasteiger partial charge in [0, 0.05) is 0 Å². The number of nitrogens with zero attached hydrogens (tertiary/aromatic N) is 1. The first-order chi connectivity index (χ1) is 8.61. The average molecular weight is 262 g/mol. The molecule has 1 aromatic carbocycles. The molecule has 0 aliphatic carbocycles. The van der Waals surface area contributed by atoms with Crippen LogP contribution in [0.3, 0.4) is 0 Å². The van der Waals surface area contributed by atoms with E-state index in [1.165, 1.54) is 18.4 Å². The number of furan rings is 1. The van der Waals surface area contributed by atoms with Gasteiger partial charge in [-0.15, -0.1) is 0 Å². The summed E-state index contributed by atoms with van der Waals surface area (Å²) in [6.45, 7) is 0. The summed E-state index contributed by atoms with van der Waals surface area (Å²) in [6, 6.07) is 8.00. The second kappa shape index (κ2) is 4.82. The van der Waals surface area contributed by atoms with Gasteiger partial charge in [0.15, 0.2) is 0 Å². The van der Waals surface area contributed by atoms with Crippen LogP contribution in [-0.2, 0) is 0 Å². The van der Waals surface area contributed by atoms with Crippen LogP contribution in [0, 0.1) is 11.3 Å². The number of amides is 1. The van der Waals surface area contributed by atoms with Crippen LogP contribution in [0.15, 0.2) is 34.9 Å². The van der Waals surface area contributed by atoms with Crippen molar-refractivity contribution in [3.05, 3.63) is 46.9 Å². The Hall–Kier alpha value is -2.45. The maximum atomic E-state index is 11.8. The molecule has 0 saturated heterocycles. The quantitative estimate of drug-likeness (QED) is 0.813. The van der Waals surface area contributed by atoms with Gasteiger partial charge < -0.3 is 15.5 Å². The molecule has 1 heterocycles. The first kappa shape index (κ1) is 12.0. The molecule has 90 valence electrons. The number of rotatable bonds is 2. The number of anilines is 2. The summed E-state index contributed by atoms with van der Waals surface area (Å²) in [6.07, 6.45) is 1.32. The van der Waals surface area contributed by atoms with Crippen LogP contribution in [0.4, 0.5) is 11.4 Å². The fourth-order valence-corrected chi connectivity index (χ4v) is 1.59. The molecule has 18 heavy (non-hydrogen) atoms. The second-order valence-electron chi connectivity index (χ2n) is 3.48. The SMILES string of the molecule is N#Cc1ccc(NC(=O)c2ccoc2Cl)c(N)c1. The van der Waals surface area contributed by atoms with Gasteiger partial charge >= 0.3 is 0 Å². The summed E-state index contributed by atoms with van der Waals surface area (Å²) in [7, 11) is 0. The highest BCUT2D eigenvalue weighted by Crippen LogP contribution is 2.22. The molecular formula is C12H8ClN3O2. The highest BCUT2D eigenvalue weighted by atomic mass is 35.5. The Kier molecular flexibility index (Phi) is 3.22. The molecule has 0 unspecified atom stereocenters. The van der Waals surface area contributed by atoms with Gasteiger partial charge in [-0.25, -0.2) is 0 Å². The van der Waals surface area contributed by atoms with Crippen molar-refractivity contribution in [2.24, 2.45) is 0 Å². The molecule has 3 N–H and O–H groups in total. The zero-order valence-electron chi connectivity index (χ0n) is 9.11. The monoisotopic (exact) mass is 261 g/mol. The van der Waals surface area contributed by atoms with E-state index in [4.69, 9.17) is 27.0 Å². The number of carbonyl (C=O) groups is 1. The van der Waals surface area contributed by atoms with Crippen molar-refractivity contribution < 1.29 is 9.21 Å². The molecule has 0 fully saturated rings. The van der Waals surface area contributed by atoms with Gasteiger partial charge in [-0.1, -0.05) is 0 Å². The van der Waals surface area contributed by atoms with Gasteiger partial charge in [0.05, 0.1) is 34.8 Å². The van der Waals surface area contributed by atoms with Gasteiger partial charge in [-0.05, 0) is 35.9 Å². The van der Waals surface area contributed by atoms with Gasteiger partial charge in [0.2, 0.25) is 5.22 Å². The summed E-state index contributed by atoms with van der Waals surface area (Å²) >= 11 is 5.69. The van der Waals surface area contributed by atoms with Crippen LogP contribution in [-0.4, -0.2) is 5.91 Å². The maximum absolute atomic E-state index is 11.8. The summed E-state index contributed by atoms with van der Waals surface area (Å²) in [5, 5.41) is 11.3. The highest BCUT2D eigenvalue weighted by molar-refractivity contribution is 6.32. The number of nitrogen functional groups attached to an aromatic ring is 1. The molecule has 0 saturated carbocycles. The van der Waals surface area contributed by atoms with Crippen molar-refractivity contribution in [1.29, 1.82) is 5.26 Å². The largest absolute Gasteiger partial charge is 0.452 e. The molecule has 6 heteroatoms. The fraction of sp³-hybridized carbons (Fsp3) is 0. The Labute approximate surface area is 108 Å². The molecule has 1 amide bonds. The van der Waals surface area contributed by atoms with Crippen molar-refractivity contribution in [1.82, 2.24) is 0 Å². The lowest BCUT2D eigenvalue weighted by Gasteiger charge is -2.07. The number of hydrogen-bond acceptors (Lipinski definition) is 4. The molecule has 0 spiro atoms. The minimum absolute atomic E-state index is 0.0136. The Bertz CT molecular complexity index is 643. The normalized spacial score (nSPS) is 9.78. The minimum atomic E-state index is -0.426. The van der Waals surface area contributed by atoms with Crippen LogP contribution < -0.4 is 11.1 Å². The van der Waals surface area contributed by atoms with Crippen molar-refractivity contribution in [2.45, 2.75) is 0 Å². The van der Waals surface area contributed by atoms with Gasteiger partial charge in [-0.2, -0.15) is 5.26 Å². The van der Waals surface area contributed by atoms with Crippen molar-refractivity contribution in [3.8, 4) is 6.07 Å². The molecule has 0 aliphatic rings. The van der Waals surface area contributed by atoms with Crippen LogP contribution >= 0.6 is 11.6 Å². The topological polar surface area (TPSA) is 92.0 Å². The molecule has 1 aromatic heterocycles. The first-order valence-corrected chi connectivity index (χ1v) is 5.33. The fourth-order valence-electron chi connectivity index (χ4n) is 1.39. The van der Waals surface area contributed by atoms with E-state index in [0.29, 0.717) is 16.9 Å². The van der Waals surface area contributed by atoms with Crippen LogP contribution in [0.2, 0.25) is 5.22 Å². The third-order valence-corrected chi connectivity index (χ3v) is 2.58. The highest BCUT2D eigenvalue weighted by Gasteiger charge is 2.14. The summed E-state index contributed by atoms with van der Waals surface area (Å²) < 4.78 is 4.82. The van der Waals surface area contributed by atoms with Crippen molar-refractivity contribution in [3.63, 3.8) is 0 Å². The standard InChI is InChI=1S/C12H8ClN3O2/c13-11-8(3-4-18-11)12(17)16-10-2-1-7(6-14)5-9(10)15/h1-5H,15H2,(H,16,17). The predicted molar refractivity (Wildman–Crippen MR) is 67.2 cm³/mol. The van der Waals surface area contributed by atoms with Crippen molar-refractivity contribution >= 4 is 28.9 Å². The van der Waals surface area contributed by atoms with E-state index in [2.05, 4.69) is 5.32 Å². The van der Waals surface area contributed by atoms with Crippen LogP contribution in [0.5, 0.6) is 0 Å². The van der Waals surface area contributed by atoms with E-state index < -0.39 is 5.91 Å². The molecule has 2 rings (SSSR count). The van der Waals surface area contributed by atoms with E-state index >= 15 is 0 Å². The first-order valence-electron chi connectivity index (χ1n) is 4.96. The predicted octanol–water partition coefficient (Wildman–Crippen LogP) is 2.64. The summed E-state index contributed by atoms with van der Waals surface area (Å²) in [5.41, 5.74) is 7.08. The molecule has 5 nitrogen and oxygen atoms in total. The van der Waals surface area contributed by atoms with E-state index in [1.54, 1.807) is 12.1 Å². The van der Waals surface area contributed by atoms with E-state index in [0.717, 1.165) is 0 Å². The molecule has 0 radical (unpaired) electrons. The van der Waals surface area contributed by atoms with Crippen LogP contribution in [0.1, 0.15) is 15.9 Å². The molecule has 2 aromatic rings. The lowest BCUT2D eigenvalue weighted by molar-refractivity contribution is 0.102. The number of nitrogens with one attached hydrogen (secondary N) is 1. The number of benzene rings is 1. The number of carbonyl (C=O) groups excluding carboxylic acids is 1. The zero-order chi connectivity index (χ0) is 13.1. The third-order valence-electron chi connectivity index (χ3n) is 2.29. The van der Waals surface area contributed by atoms with Gasteiger partial charge in [0.25, 0.3) is 5.91 Å². The minimum Gasteiger partial charge on any atom is -0.452 e. The smallest absolute Gasteiger partial charge is 0.260 e.